The van der Waals surface area contributed by atoms with E-state index in [-0.39, 0.29) is 0 Å². The van der Waals surface area contributed by atoms with E-state index >= 15 is 0 Å². The van der Waals surface area contributed by atoms with E-state index in [9.17, 15) is 0 Å². The molecular weight excluding hydrogens is 198 g/mol. The lowest BCUT2D eigenvalue weighted by Gasteiger charge is -2.30. The summed E-state index contributed by atoms with van der Waals surface area (Å²) in [6.07, 6.45) is 10.1. The first-order valence-corrected chi connectivity index (χ1v) is 6.63. The summed E-state index contributed by atoms with van der Waals surface area (Å²) in [7, 11) is 0. The number of rotatable bonds is 3. The van der Waals surface area contributed by atoms with Gasteiger partial charge in [0.25, 0.3) is 0 Å². The maximum atomic E-state index is 5.87. The van der Waals surface area contributed by atoms with Crippen molar-refractivity contribution in [1.82, 2.24) is 9.78 Å². The van der Waals surface area contributed by atoms with E-state index in [2.05, 4.69) is 16.9 Å². The Labute approximate surface area is 97.0 Å². The van der Waals surface area contributed by atoms with Crippen LogP contribution in [0.3, 0.4) is 0 Å². The Balaban J connectivity index is 1.77. The molecule has 1 aromatic heterocycles. The number of hydrogen-bond acceptors (Lipinski definition) is 2. The van der Waals surface area contributed by atoms with Gasteiger partial charge in [-0.05, 0) is 44.2 Å². The first kappa shape index (κ1) is 10.3. The molecule has 1 heterocycles. The second-order valence-electron chi connectivity index (χ2n) is 5.34. The van der Waals surface area contributed by atoms with E-state index in [0.29, 0.717) is 12.0 Å². The maximum Gasteiger partial charge on any atom is 0.0655 e. The number of nitrogens with zero attached hydrogens (tertiary/aromatic N) is 2. The Bertz CT molecular complexity index is 354. The van der Waals surface area contributed by atoms with Crippen molar-refractivity contribution in [1.29, 1.82) is 0 Å². The molecule has 0 amide bonds. The van der Waals surface area contributed by atoms with Gasteiger partial charge in [-0.15, -0.1) is 0 Å². The van der Waals surface area contributed by atoms with Crippen molar-refractivity contribution in [2.45, 2.75) is 50.5 Å². The zero-order valence-corrected chi connectivity index (χ0v) is 9.81. The molecule has 2 saturated carbocycles. The predicted octanol–water partition coefficient (Wildman–Crippen LogP) is 2.45. The Hall–Kier alpha value is -0.830. The van der Waals surface area contributed by atoms with Crippen LogP contribution in [0.5, 0.6) is 0 Å². The van der Waals surface area contributed by atoms with Crippen LogP contribution in [0, 0.1) is 5.92 Å². The number of aromatic nitrogens is 2. The Morgan fingerprint density at radius 1 is 1.25 bits per heavy atom. The highest BCUT2D eigenvalue weighted by Crippen LogP contribution is 2.40. The van der Waals surface area contributed by atoms with Gasteiger partial charge in [-0.1, -0.05) is 12.8 Å². The van der Waals surface area contributed by atoms with Crippen molar-refractivity contribution in [3.05, 3.63) is 18.0 Å². The highest BCUT2D eigenvalue weighted by Gasteiger charge is 2.29. The summed E-state index contributed by atoms with van der Waals surface area (Å²) >= 11 is 0. The fourth-order valence-electron chi connectivity index (χ4n) is 2.95. The van der Waals surface area contributed by atoms with E-state index in [4.69, 9.17) is 10.8 Å². The Kier molecular flexibility index (Phi) is 2.72. The molecular formula is C13H21N3. The third kappa shape index (κ3) is 1.88. The van der Waals surface area contributed by atoms with Crippen molar-refractivity contribution in [3.63, 3.8) is 0 Å². The molecule has 2 aliphatic rings. The minimum Gasteiger partial charge on any atom is -0.330 e. The second-order valence-corrected chi connectivity index (χ2v) is 5.34. The molecule has 3 nitrogen and oxygen atoms in total. The van der Waals surface area contributed by atoms with Crippen LogP contribution in [-0.2, 0) is 0 Å². The van der Waals surface area contributed by atoms with Gasteiger partial charge in [0.2, 0.25) is 0 Å². The molecule has 0 bridgehead atoms. The minimum absolute atomic E-state index is 0.561. The summed E-state index contributed by atoms with van der Waals surface area (Å²) in [4.78, 5) is 0. The normalized spacial score (nSPS) is 30.6. The number of nitrogens with two attached hydrogens (primary N) is 1. The van der Waals surface area contributed by atoms with Crippen LogP contribution in [0.4, 0.5) is 0 Å². The van der Waals surface area contributed by atoms with Gasteiger partial charge in [0.1, 0.15) is 0 Å². The van der Waals surface area contributed by atoms with E-state index in [1.807, 2.05) is 0 Å². The van der Waals surface area contributed by atoms with Crippen LogP contribution in [-0.4, -0.2) is 16.3 Å². The van der Waals surface area contributed by atoms with Crippen molar-refractivity contribution < 1.29 is 0 Å². The zero-order chi connectivity index (χ0) is 11.0. The molecule has 2 N–H and O–H groups in total. The molecule has 1 aromatic rings. The Morgan fingerprint density at radius 3 is 2.81 bits per heavy atom. The van der Waals surface area contributed by atoms with Gasteiger partial charge in [-0.25, -0.2) is 0 Å². The van der Waals surface area contributed by atoms with Crippen LogP contribution in [0.1, 0.15) is 56.2 Å². The van der Waals surface area contributed by atoms with Gasteiger partial charge in [-0.3, -0.25) is 4.68 Å². The lowest BCUT2D eigenvalue weighted by Crippen LogP contribution is -2.29. The van der Waals surface area contributed by atoms with Crippen LogP contribution in [0.2, 0.25) is 0 Å². The SMILES string of the molecule is NCC1CCCCC1n1ccc(C2CC2)n1. The van der Waals surface area contributed by atoms with Crippen molar-refractivity contribution in [2.75, 3.05) is 6.54 Å². The molecule has 0 spiro atoms. The van der Waals surface area contributed by atoms with Gasteiger partial charge >= 0.3 is 0 Å². The van der Waals surface area contributed by atoms with E-state index in [1.165, 1.54) is 44.2 Å². The molecule has 3 rings (SSSR count). The molecule has 16 heavy (non-hydrogen) atoms. The van der Waals surface area contributed by atoms with Gasteiger partial charge in [0.05, 0.1) is 11.7 Å². The average molecular weight is 219 g/mol. The smallest absolute Gasteiger partial charge is 0.0655 e. The van der Waals surface area contributed by atoms with Crippen LogP contribution in [0.25, 0.3) is 0 Å². The van der Waals surface area contributed by atoms with Crippen LogP contribution < -0.4 is 5.73 Å². The minimum atomic E-state index is 0.561. The van der Waals surface area contributed by atoms with Gasteiger partial charge < -0.3 is 5.73 Å². The summed E-state index contributed by atoms with van der Waals surface area (Å²) in [6, 6.07) is 2.77. The van der Waals surface area contributed by atoms with E-state index in [1.54, 1.807) is 0 Å². The monoisotopic (exact) mass is 219 g/mol. The topological polar surface area (TPSA) is 43.8 Å². The average Bonchev–Trinajstić information content (AvgIpc) is 3.07. The van der Waals surface area contributed by atoms with Gasteiger partial charge in [0, 0.05) is 12.1 Å². The maximum absolute atomic E-state index is 5.87. The summed E-state index contributed by atoms with van der Waals surface area (Å²) in [5.74, 6) is 1.40. The molecule has 0 aromatic carbocycles. The standard InChI is InChI=1S/C13H21N3/c14-9-11-3-1-2-4-13(11)16-8-7-12(15-16)10-5-6-10/h7-8,10-11,13H,1-6,9,14H2. The zero-order valence-electron chi connectivity index (χ0n) is 9.81. The van der Waals surface area contributed by atoms with Crippen molar-refractivity contribution in [3.8, 4) is 0 Å². The van der Waals surface area contributed by atoms with Crippen LogP contribution in [0.15, 0.2) is 12.3 Å². The van der Waals surface area contributed by atoms with E-state index in [0.717, 1.165) is 12.5 Å². The fraction of sp³-hybridized carbons (Fsp3) is 0.769. The lowest BCUT2D eigenvalue weighted by atomic mass is 9.85. The van der Waals surface area contributed by atoms with Gasteiger partial charge in [0.15, 0.2) is 0 Å². The van der Waals surface area contributed by atoms with Crippen LogP contribution >= 0.6 is 0 Å². The molecule has 2 atom stereocenters. The summed E-state index contributed by atoms with van der Waals surface area (Å²) < 4.78 is 2.20. The summed E-state index contributed by atoms with van der Waals surface area (Å²) in [6.45, 7) is 0.809. The molecule has 88 valence electrons. The molecule has 0 saturated heterocycles. The quantitative estimate of drug-likeness (QED) is 0.848. The highest BCUT2D eigenvalue weighted by atomic mass is 15.3. The van der Waals surface area contributed by atoms with Gasteiger partial charge in [-0.2, -0.15) is 5.10 Å². The molecule has 3 heteroatoms. The summed E-state index contributed by atoms with van der Waals surface area (Å²) in [5.41, 5.74) is 7.18. The first-order valence-electron chi connectivity index (χ1n) is 6.63. The second kappa shape index (κ2) is 4.21. The largest absolute Gasteiger partial charge is 0.330 e. The molecule has 2 aliphatic carbocycles. The summed E-state index contributed by atoms with van der Waals surface area (Å²) in [5, 5.41) is 4.76. The Morgan fingerprint density at radius 2 is 2.06 bits per heavy atom. The van der Waals surface area contributed by atoms with Crippen molar-refractivity contribution in [2.24, 2.45) is 11.7 Å². The molecule has 0 radical (unpaired) electrons. The predicted molar refractivity (Wildman–Crippen MR) is 64.3 cm³/mol. The molecule has 2 unspecified atom stereocenters. The first-order chi connectivity index (χ1) is 7.88. The van der Waals surface area contributed by atoms with E-state index < -0.39 is 0 Å². The fourth-order valence-corrected chi connectivity index (χ4v) is 2.95. The molecule has 2 fully saturated rings. The lowest BCUT2D eigenvalue weighted by molar-refractivity contribution is 0.228. The third-order valence-corrected chi connectivity index (χ3v) is 4.14. The van der Waals surface area contributed by atoms with Crippen molar-refractivity contribution >= 4 is 0 Å². The molecule has 0 aliphatic heterocycles. The third-order valence-electron chi connectivity index (χ3n) is 4.14. The highest BCUT2D eigenvalue weighted by molar-refractivity contribution is 5.12. The number of hydrogen-bond donors (Lipinski definition) is 1.